The lowest BCUT2D eigenvalue weighted by Gasteiger charge is -2.38. The highest BCUT2D eigenvalue weighted by atomic mass is 16.5. The molecule has 1 unspecified atom stereocenters. The van der Waals surface area contributed by atoms with Crippen molar-refractivity contribution >= 4 is 0 Å². The van der Waals surface area contributed by atoms with E-state index in [0.717, 1.165) is 19.5 Å². The van der Waals surface area contributed by atoms with Gasteiger partial charge in [0.2, 0.25) is 0 Å². The van der Waals surface area contributed by atoms with Crippen LogP contribution in [0.4, 0.5) is 0 Å². The monoisotopic (exact) mass is 237 g/mol. The molecular formula is C12H19N3O2. The van der Waals surface area contributed by atoms with Crippen molar-refractivity contribution in [1.82, 2.24) is 15.1 Å². The number of hydrogen-bond donors (Lipinski definition) is 1. The summed E-state index contributed by atoms with van der Waals surface area (Å²) in [5, 5.41) is 7.89. The number of methoxy groups -OCH3 is 1. The molecule has 1 spiro atoms. The summed E-state index contributed by atoms with van der Waals surface area (Å²) in [5.41, 5.74) is 2.29. The number of aryl methyl sites for hydroxylation is 1. The molecule has 2 aliphatic rings. The summed E-state index contributed by atoms with van der Waals surface area (Å²) in [6.45, 7) is 5.34. The Morgan fingerprint density at radius 3 is 3.29 bits per heavy atom. The van der Waals surface area contributed by atoms with Gasteiger partial charge >= 0.3 is 0 Å². The lowest BCUT2D eigenvalue weighted by Crippen LogP contribution is -2.43. The zero-order chi connectivity index (χ0) is 11.9. The molecule has 0 aliphatic carbocycles. The Hall–Kier alpha value is -0.910. The first kappa shape index (κ1) is 11.2. The molecular weight excluding hydrogens is 218 g/mol. The van der Waals surface area contributed by atoms with Gasteiger partial charge in [0.15, 0.2) is 0 Å². The molecule has 5 heteroatoms. The number of nitrogens with one attached hydrogen (secondary N) is 1. The summed E-state index contributed by atoms with van der Waals surface area (Å²) < 4.78 is 13.5. The highest BCUT2D eigenvalue weighted by Gasteiger charge is 2.45. The largest absolute Gasteiger partial charge is 0.382 e. The van der Waals surface area contributed by atoms with Crippen LogP contribution in [0.1, 0.15) is 23.7 Å². The van der Waals surface area contributed by atoms with Gasteiger partial charge in [-0.2, -0.15) is 5.10 Å². The number of nitrogens with zero attached hydrogens (tertiary/aromatic N) is 2. The van der Waals surface area contributed by atoms with Crippen LogP contribution in [0.2, 0.25) is 0 Å². The third kappa shape index (κ3) is 1.61. The van der Waals surface area contributed by atoms with Crippen molar-refractivity contribution < 1.29 is 9.47 Å². The minimum absolute atomic E-state index is 0.162. The summed E-state index contributed by atoms with van der Waals surface area (Å²) in [4.78, 5) is 0. The fourth-order valence-electron chi connectivity index (χ4n) is 2.99. The second-order valence-corrected chi connectivity index (χ2v) is 4.96. The Bertz CT molecular complexity index is 410. The first-order valence-corrected chi connectivity index (χ1v) is 6.15. The Labute approximate surface area is 101 Å². The summed E-state index contributed by atoms with van der Waals surface area (Å²) in [6.07, 6.45) is 2.96. The van der Waals surface area contributed by atoms with E-state index in [4.69, 9.17) is 9.47 Å². The van der Waals surface area contributed by atoms with Crippen LogP contribution in [0.25, 0.3) is 0 Å². The van der Waals surface area contributed by atoms with Gasteiger partial charge in [-0.15, -0.1) is 0 Å². The number of ether oxygens (including phenoxy) is 2. The minimum atomic E-state index is -0.162. The van der Waals surface area contributed by atoms with Gasteiger partial charge in [0.1, 0.15) is 5.60 Å². The average Bonchev–Trinajstić information content (AvgIpc) is 2.92. The molecule has 1 aromatic rings. The number of fused-ring (bicyclic) bond motifs is 2. The summed E-state index contributed by atoms with van der Waals surface area (Å²) in [7, 11) is 1.72. The molecule has 0 bridgehead atoms. The van der Waals surface area contributed by atoms with E-state index in [-0.39, 0.29) is 11.6 Å². The van der Waals surface area contributed by atoms with Crippen LogP contribution in [-0.4, -0.2) is 43.2 Å². The first-order valence-electron chi connectivity index (χ1n) is 6.15. The highest BCUT2D eigenvalue weighted by molar-refractivity contribution is 5.27. The Kier molecular flexibility index (Phi) is 2.69. The van der Waals surface area contributed by atoms with E-state index >= 15 is 0 Å². The summed E-state index contributed by atoms with van der Waals surface area (Å²) in [6, 6.07) is 0.204. The number of rotatable bonds is 2. The van der Waals surface area contributed by atoms with Crippen molar-refractivity contribution in [3.8, 4) is 0 Å². The van der Waals surface area contributed by atoms with Crippen molar-refractivity contribution in [2.24, 2.45) is 0 Å². The molecule has 1 aromatic heterocycles. The van der Waals surface area contributed by atoms with Gasteiger partial charge in [-0.25, -0.2) is 0 Å². The normalized spacial score (nSPS) is 32.0. The third-order valence-electron chi connectivity index (χ3n) is 3.78. The zero-order valence-corrected chi connectivity index (χ0v) is 10.4. The molecule has 2 aliphatic heterocycles. The SMILES string of the molecule is COCC1CO[C@]2(CCNC2)c2c(C)cnn21. The van der Waals surface area contributed by atoms with Crippen LogP contribution < -0.4 is 5.32 Å². The molecule has 5 nitrogen and oxygen atoms in total. The Morgan fingerprint density at radius 2 is 2.59 bits per heavy atom. The second kappa shape index (κ2) is 4.08. The van der Waals surface area contributed by atoms with Crippen LogP contribution in [0.15, 0.2) is 6.20 Å². The van der Waals surface area contributed by atoms with E-state index in [2.05, 4.69) is 22.0 Å². The van der Waals surface area contributed by atoms with Crippen LogP contribution >= 0.6 is 0 Å². The molecule has 3 heterocycles. The number of aromatic nitrogens is 2. The van der Waals surface area contributed by atoms with Crippen LogP contribution in [0.5, 0.6) is 0 Å². The molecule has 1 saturated heterocycles. The molecule has 17 heavy (non-hydrogen) atoms. The highest BCUT2D eigenvalue weighted by Crippen LogP contribution is 2.39. The maximum absolute atomic E-state index is 6.15. The lowest BCUT2D eigenvalue weighted by atomic mass is 9.93. The van der Waals surface area contributed by atoms with E-state index in [1.54, 1.807) is 7.11 Å². The molecule has 3 rings (SSSR count). The third-order valence-corrected chi connectivity index (χ3v) is 3.78. The fourth-order valence-corrected chi connectivity index (χ4v) is 2.99. The van der Waals surface area contributed by atoms with Crippen molar-refractivity contribution in [3.05, 3.63) is 17.5 Å². The summed E-state index contributed by atoms with van der Waals surface area (Å²) in [5.74, 6) is 0. The van der Waals surface area contributed by atoms with Gasteiger partial charge in [-0.05, 0) is 25.5 Å². The standard InChI is InChI=1S/C12H19N3O2/c1-9-5-14-15-10(6-16-2)7-17-12(11(9)15)3-4-13-8-12/h5,10,13H,3-4,6-8H2,1-2H3/t10?,12-/m0/s1. The van der Waals surface area contributed by atoms with Gasteiger partial charge in [0, 0.05) is 13.7 Å². The lowest BCUT2D eigenvalue weighted by molar-refractivity contribution is -0.0915. The van der Waals surface area contributed by atoms with Crippen LogP contribution in [-0.2, 0) is 15.1 Å². The molecule has 0 saturated carbocycles. The van der Waals surface area contributed by atoms with Crippen LogP contribution in [0.3, 0.4) is 0 Å². The Balaban J connectivity index is 2.02. The topological polar surface area (TPSA) is 48.3 Å². The maximum Gasteiger partial charge on any atom is 0.124 e. The van der Waals surface area contributed by atoms with Crippen molar-refractivity contribution in [1.29, 1.82) is 0 Å². The van der Waals surface area contributed by atoms with Crippen molar-refractivity contribution in [3.63, 3.8) is 0 Å². The van der Waals surface area contributed by atoms with Gasteiger partial charge < -0.3 is 14.8 Å². The quantitative estimate of drug-likeness (QED) is 0.818. The molecule has 0 aromatic carbocycles. The van der Waals surface area contributed by atoms with E-state index < -0.39 is 0 Å². The molecule has 0 radical (unpaired) electrons. The molecule has 2 atom stereocenters. The van der Waals surface area contributed by atoms with E-state index in [9.17, 15) is 0 Å². The van der Waals surface area contributed by atoms with E-state index in [0.29, 0.717) is 13.2 Å². The predicted octanol–water partition coefficient (Wildman–Crippen LogP) is 0.598. The maximum atomic E-state index is 6.15. The van der Waals surface area contributed by atoms with Gasteiger partial charge in [0.25, 0.3) is 0 Å². The molecule has 0 amide bonds. The van der Waals surface area contributed by atoms with E-state index in [1.807, 2.05) is 6.20 Å². The number of hydrogen-bond acceptors (Lipinski definition) is 4. The molecule has 1 N–H and O–H groups in total. The van der Waals surface area contributed by atoms with Gasteiger partial charge in [-0.1, -0.05) is 0 Å². The van der Waals surface area contributed by atoms with Crippen molar-refractivity contribution in [2.45, 2.75) is 25.0 Å². The second-order valence-electron chi connectivity index (χ2n) is 4.96. The smallest absolute Gasteiger partial charge is 0.124 e. The minimum Gasteiger partial charge on any atom is -0.382 e. The Morgan fingerprint density at radius 1 is 1.71 bits per heavy atom. The van der Waals surface area contributed by atoms with Gasteiger partial charge in [-0.3, -0.25) is 4.68 Å². The fraction of sp³-hybridized carbons (Fsp3) is 0.750. The van der Waals surface area contributed by atoms with E-state index in [1.165, 1.54) is 11.3 Å². The average molecular weight is 237 g/mol. The predicted molar refractivity (Wildman–Crippen MR) is 63.0 cm³/mol. The summed E-state index contributed by atoms with van der Waals surface area (Å²) >= 11 is 0. The van der Waals surface area contributed by atoms with Gasteiger partial charge in [0.05, 0.1) is 31.1 Å². The first-order chi connectivity index (χ1) is 8.27. The molecule has 1 fully saturated rings. The molecule has 94 valence electrons. The van der Waals surface area contributed by atoms with Crippen molar-refractivity contribution in [2.75, 3.05) is 33.4 Å². The zero-order valence-electron chi connectivity index (χ0n) is 10.4. The van der Waals surface area contributed by atoms with Crippen LogP contribution in [0, 0.1) is 6.92 Å².